The van der Waals surface area contributed by atoms with Crippen molar-refractivity contribution in [3.63, 3.8) is 0 Å². The molecule has 0 aliphatic heterocycles. The average Bonchev–Trinajstić information content (AvgIpc) is 2.41. The van der Waals surface area contributed by atoms with Crippen LogP contribution in [0.25, 0.3) is 0 Å². The van der Waals surface area contributed by atoms with Gasteiger partial charge in [-0.1, -0.05) is 12.1 Å². The molecule has 3 nitrogen and oxygen atoms in total. The highest BCUT2D eigenvalue weighted by molar-refractivity contribution is 9.10. The van der Waals surface area contributed by atoms with Crippen LogP contribution in [-0.4, -0.2) is 7.11 Å². The third kappa shape index (κ3) is 3.14. The molecule has 0 aromatic heterocycles. The molecule has 2 aromatic carbocycles. The highest BCUT2D eigenvalue weighted by atomic mass is 79.9. The van der Waals surface area contributed by atoms with E-state index in [4.69, 9.17) is 15.2 Å². The molecular formula is C16H18BrNO2. The molecule has 0 heterocycles. The van der Waals surface area contributed by atoms with Gasteiger partial charge in [-0.3, -0.25) is 0 Å². The van der Waals surface area contributed by atoms with Gasteiger partial charge < -0.3 is 15.2 Å². The topological polar surface area (TPSA) is 44.5 Å². The number of halogens is 1. The third-order valence-corrected chi connectivity index (χ3v) is 3.63. The maximum atomic E-state index is 6.04. The van der Waals surface area contributed by atoms with Crippen molar-refractivity contribution in [1.29, 1.82) is 0 Å². The molecule has 0 aliphatic carbocycles. The third-order valence-electron chi connectivity index (χ3n) is 3.01. The van der Waals surface area contributed by atoms with E-state index in [1.165, 1.54) is 5.56 Å². The quantitative estimate of drug-likeness (QED) is 0.889. The van der Waals surface area contributed by atoms with Crippen LogP contribution in [0, 0.1) is 6.92 Å². The summed E-state index contributed by atoms with van der Waals surface area (Å²) >= 11 is 3.51. The van der Waals surface area contributed by atoms with E-state index in [2.05, 4.69) is 15.9 Å². The molecule has 1 unspecified atom stereocenters. The van der Waals surface area contributed by atoms with Gasteiger partial charge in [-0.15, -0.1) is 0 Å². The predicted molar refractivity (Wildman–Crippen MR) is 84.5 cm³/mol. The maximum Gasteiger partial charge on any atom is 0.141 e. The SMILES string of the molecule is COc1cccc(Oc2ccc(C)cc2Br)c1C(C)N. The zero-order chi connectivity index (χ0) is 14.7. The van der Waals surface area contributed by atoms with Gasteiger partial charge in [0.15, 0.2) is 0 Å². The minimum Gasteiger partial charge on any atom is -0.496 e. The fraction of sp³-hybridized carbons (Fsp3) is 0.250. The number of hydrogen-bond donors (Lipinski definition) is 1. The first kappa shape index (κ1) is 14.9. The van der Waals surface area contributed by atoms with Crippen molar-refractivity contribution in [3.05, 3.63) is 52.0 Å². The van der Waals surface area contributed by atoms with E-state index in [0.29, 0.717) is 5.75 Å². The number of hydrogen-bond acceptors (Lipinski definition) is 3. The van der Waals surface area contributed by atoms with Gasteiger partial charge in [0.2, 0.25) is 0 Å². The van der Waals surface area contributed by atoms with Crippen LogP contribution in [0.3, 0.4) is 0 Å². The summed E-state index contributed by atoms with van der Waals surface area (Å²) in [4.78, 5) is 0. The van der Waals surface area contributed by atoms with E-state index in [1.54, 1.807) is 7.11 Å². The minimum atomic E-state index is -0.176. The van der Waals surface area contributed by atoms with E-state index < -0.39 is 0 Å². The highest BCUT2D eigenvalue weighted by Crippen LogP contribution is 2.37. The number of benzene rings is 2. The smallest absolute Gasteiger partial charge is 0.141 e. The van der Waals surface area contributed by atoms with Crippen LogP contribution >= 0.6 is 15.9 Å². The lowest BCUT2D eigenvalue weighted by Crippen LogP contribution is -2.08. The fourth-order valence-electron chi connectivity index (χ4n) is 2.05. The Hall–Kier alpha value is -1.52. The van der Waals surface area contributed by atoms with Crippen LogP contribution in [0.1, 0.15) is 24.1 Å². The van der Waals surface area contributed by atoms with Gasteiger partial charge in [-0.2, -0.15) is 0 Å². The second-order valence-corrected chi connectivity index (χ2v) is 5.55. The van der Waals surface area contributed by atoms with Crippen LogP contribution in [0.4, 0.5) is 0 Å². The van der Waals surface area contributed by atoms with Crippen molar-refractivity contribution in [2.75, 3.05) is 7.11 Å². The van der Waals surface area contributed by atoms with Crippen molar-refractivity contribution < 1.29 is 9.47 Å². The van der Waals surface area contributed by atoms with Gasteiger partial charge in [0.25, 0.3) is 0 Å². The van der Waals surface area contributed by atoms with Gasteiger partial charge in [-0.05, 0) is 59.6 Å². The molecule has 2 rings (SSSR count). The molecular weight excluding hydrogens is 318 g/mol. The molecule has 0 fully saturated rings. The van der Waals surface area contributed by atoms with Crippen LogP contribution in [-0.2, 0) is 0 Å². The fourth-order valence-corrected chi connectivity index (χ4v) is 2.62. The summed E-state index contributed by atoms with van der Waals surface area (Å²) in [5.74, 6) is 2.20. The highest BCUT2D eigenvalue weighted by Gasteiger charge is 2.15. The summed E-state index contributed by atoms with van der Waals surface area (Å²) in [6, 6.07) is 11.5. The summed E-state index contributed by atoms with van der Waals surface area (Å²) in [6.45, 7) is 3.95. The lowest BCUT2D eigenvalue weighted by Gasteiger charge is -2.17. The Kier molecular flexibility index (Phi) is 4.68. The van der Waals surface area contributed by atoms with E-state index in [0.717, 1.165) is 21.5 Å². The van der Waals surface area contributed by atoms with Crippen LogP contribution in [0.2, 0.25) is 0 Å². The minimum absolute atomic E-state index is 0.176. The number of ether oxygens (including phenoxy) is 2. The van der Waals surface area contributed by atoms with Gasteiger partial charge in [0, 0.05) is 6.04 Å². The van der Waals surface area contributed by atoms with Crippen LogP contribution in [0.5, 0.6) is 17.2 Å². The van der Waals surface area contributed by atoms with E-state index in [9.17, 15) is 0 Å². The number of aryl methyl sites for hydroxylation is 1. The Balaban J connectivity index is 2.43. The zero-order valence-corrected chi connectivity index (χ0v) is 13.4. The van der Waals surface area contributed by atoms with Crippen molar-refractivity contribution in [2.45, 2.75) is 19.9 Å². The van der Waals surface area contributed by atoms with Crippen molar-refractivity contribution in [3.8, 4) is 17.2 Å². The summed E-state index contributed by atoms with van der Waals surface area (Å²) in [5.41, 5.74) is 8.07. The van der Waals surface area contributed by atoms with E-state index >= 15 is 0 Å². The lowest BCUT2D eigenvalue weighted by atomic mass is 10.1. The number of methoxy groups -OCH3 is 1. The number of rotatable bonds is 4. The molecule has 0 amide bonds. The molecule has 0 radical (unpaired) electrons. The first-order chi connectivity index (χ1) is 9.52. The largest absolute Gasteiger partial charge is 0.496 e. The standard InChI is InChI=1S/C16H18BrNO2/c1-10-7-8-13(12(17)9-10)20-15-6-4-5-14(19-3)16(15)11(2)18/h4-9,11H,18H2,1-3H3. The van der Waals surface area contributed by atoms with Gasteiger partial charge in [0.1, 0.15) is 17.2 Å². The molecule has 0 aliphatic rings. The molecule has 106 valence electrons. The van der Waals surface area contributed by atoms with Crippen molar-refractivity contribution in [1.82, 2.24) is 0 Å². The Morgan fingerprint density at radius 1 is 1.10 bits per heavy atom. The maximum absolute atomic E-state index is 6.04. The summed E-state index contributed by atoms with van der Waals surface area (Å²) in [5, 5.41) is 0. The second kappa shape index (κ2) is 6.29. The predicted octanol–water partition coefficient (Wildman–Crippen LogP) is 4.58. The molecule has 2 aromatic rings. The van der Waals surface area contributed by atoms with Gasteiger partial charge in [0.05, 0.1) is 17.1 Å². The molecule has 0 spiro atoms. The molecule has 0 saturated heterocycles. The van der Waals surface area contributed by atoms with Gasteiger partial charge in [-0.25, -0.2) is 0 Å². The van der Waals surface area contributed by atoms with E-state index in [-0.39, 0.29) is 6.04 Å². The molecule has 4 heteroatoms. The van der Waals surface area contributed by atoms with Crippen LogP contribution in [0.15, 0.2) is 40.9 Å². The Bertz CT molecular complexity index is 611. The van der Waals surface area contributed by atoms with Crippen molar-refractivity contribution in [2.24, 2.45) is 5.73 Å². The van der Waals surface area contributed by atoms with Crippen molar-refractivity contribution >= 4 is 15.9 Å². The summed E-state index contributed by atoms with van der Waals surface area (Å²) in [7, 11) is 1.63. The zero-order valence-electron chi connectivity index (χ0n) is 11.8. The van der Waals surface area contributed by atoms with Gasteiger partial charge >= 0.3 is 0 Å². The molecule has 1 atom stereocenters. The number of nitrogens with two attached hydrogens (primary N) is 1. The molecule has 2 N–H and O–H groups in total. The Morgan fingerprint density at radius 3 is 2.40 bits per heavy atom. The molecule has 20 heavy (non-hydrogen) atoms. The normalized spacial score (nSPS) is 12.1. The first-order valence-electron chi connectivity index (χ1n) is 6.39. The Morgan fingerprint density at radius 2 is 1.80 bits per heavy atom. The summed E-state index contributed by atoms with van der Waals surface area (Å²) in [6.07, 6.45) is 0. The van der Waals surface area contributed by atoms with Crippen LogP contribution < -0.4 is 15.2 Å². The lowest BCUT2D eigenvalue weighted by molar-refractivity contribution is 0.397. The Labute approximate surface area is 127 Å². The monoisotopic (exact) mass is 335 g/mol. The molecule has 0 bridgehead atoms. The first-order valence-corrected chi connectivity index (χ1v) is 7.18. The molecule has 0 saturated carbocycles. The van der Waals surface area contributed by atoms with E-state index in [1.807, 2.05) is 50.2 Å². The average molecular weight is 336 g/mol. The second-order valence-electron chi connectivity index (χ2n) is 4.70. The summed E-state index contributed by atoms with van der Waals surface area (Å²) < 4.78 is 12.3.